The standard InChI is InChI=1S/C29H24N6O6/c36-28-24(19-6-13-26-20(15-19)17-30-34(26)27-3-1-2-14-40-27)16-25(32-33-28)18-4-7-21(8-5-18)31-29(37)41-23-11-9-22(10-12-23)35(38)39/h4-13,15-17,27H,1-3,14H2,(H,31,37)(H,33,36). The molecular formula is C29H24N6O6. The van der Waals surface area contributed by atoms with Crippen molar-refractivity contribution in [3.8, 4) is 28.1 Å². The first kappa shape index (κ1) is 25.9. The number of aromatic nitrogens is 4. The Bertz CT molecular complexity index is 1790. The highest BCUT2D eigenvalue weighted by molar-refractivity contribution is 5.87. The maximum absolute atomic E-state index is 12.7. The molecule has 41 heavy (non-hydrogen) atoms. The number of aromatic amines is 1. The van der Waals surface area contributed by atoms with Gasteiger partial charge >= 0.3 is 6.09 Å². The first-order chi connectivity index (χ1) is 19.9. The molecule has 0 spiro atoms. The number of carbonyl (C=O) groups excluding carboxylic acids is 1. The molecule has 1 fully saturated rings. The molecule has 1 aliphatic heterocycles. The van der Waals surface area contributed by atoms with Crippen LogP contribution in [0.4, 0.5) is 16.2 Å². The van der Waals surface area contributed by atoms with Gasteiger partial charge in [-0.3, -0.25) is 20.2 Å². The van der Waals surface area contributed by atoms with E-state index in [1.54, 1.807) is 36.5 Å². The van der Waals surface area contributed by atoms with Crippen molar-refractivity contribution in [2.45, 2.75) is 25.5 Å². The fraction of sp³-hybridized carbons (Fsp3) is 0.172. The molecule has 3 aromatic carbocycles. The van der Waals surface area contributed by atoms with Gasteiger partial charge in [-0.1, -0.05) is 18.2 Å². The molecular weight excluding hydrogens is 528 g/mol. The average Bonchev–Trinajstić information content (AvgIpc) is 3.42. The summed E-state index contributed by atoms with van der Waals surface area (Å²) in [5.41, 5.74) is 3.46. The Morgan fingerprint density at radius 3 is 2.56 bits per heavy atom. The third-order valence-corrected chi connectivity index (χ3v) is 6.82. The smallest absolute Gasteiger partial charge is 0.410 e. The Kier molecular flexibility index (Phi) is 6.96. The molecule has 6 rings (SSSR count). The molecule has 0 radical (unpaired) electrons. The van der Waals surface area contributed by atoms with E-state index in [9.17, 15) is 19.7 Å². The number of rotatable bonds is 6. The third kappa shape index (κ3) is 5.54. The number of nitrogens with zero attached hydrogens (tertiary/aromatic N) is 4. The van der Waals surface area contributed by atoms with Crippen molar-refractivity contribution in [1.29, 1.82) is 0 Å². The highest BCUT2D eigenvalue weighted by Crippen LogP contribution is 2.29. The van der Waals surface area contributed by atoms with Crippen molar-refractivity contribution >= 4 is 28.4 Å². The van der Waals surface area contributed by atoms with Crippen LogP contribution in [0.25, 0.3) is 33.3 Å². The number of benzene rings is 3. The summed E-state index contributed by atoms with van der Waals surface area (Å²) in [4.78, 5) is 35.2. The van der Waals surface area contributed by atoms with Crippen molar-refractivity contribution in [3.05, 3.63) is 99.5 Å². The molecule has 12 heteroatoms. The SMILES string of the molecule is O=C(Nc1ccc(-c2cc(-c3ccc4c(cnn4C4CCCCO4)c3)c(=O)[nH]n2)cc1)Oc1ccc([N+](=O)[O-])cc1. The van der Waals surface area contributed by atoms with E-state index in [4.69, 9.17) is 9.47 Å². The van der Waals surface area contributed by atoms with E-state index < -0.39 is 11.0 Å². The molecule has 1 saturated heterocycles. The predicted octanol–water partition coefficient (Wildman–Crippen LogP) is 5.67. The van der Waals surface area contributed by atoms with E-state index in [1.807, 2.05) is 22.9 Å². The molecule has 3 heterocycles. The number of nitro benzene ring substituents is 1. The number of hydrogen-bond donors (Lipinski definition) is 2. The Balaban J connectivity index is 1.17. The fourth-order valence-electron chi connectivity index (χ4n) is 4.75. The summed E-state index contributed by atoms with van der Waals surface area (Å²) in [7, 11) is 0. The second kappa shape index (κ2) is 11.0. The number of fused-ring (bicyclic) bond motifs is 1. The Labute approximate surface area is 232 Å². The quantitative estimate of drug-likeness (QED) is 0.202. The van der Waals surface area contributed by atoms with Crippen molar-refractivity contribution in [1.82, 2.24) is 20.0 Å². The summed E-state index contributed by atoms with van der Waals surface area (Å²) in [5, 5.41) is 25.6. The zero-order valence-corrected chi connectivity index (χ0v) is 21.6. The minimum Gasteiger partial charge on any atom is -0.410 e. The number of carbonyl (C=O) groups is 1. The van der Waals surface area contributed by atoms with Gasteiger partial charge in [0.2, 0.25) is 0 Å². The van der Waals surface area contributed by atoms with Crippen LogP contribution in [0.1, 0.15) is 25.5 Å². The van der Waals surface area contributed by atoms with Crippen LogP contribution in [0, 0.1) is 10.1 Å². The van der Waals surface area contributed by atoms with Crippen molar-refractivity contribution in [3.63, 3.8) is 0 Å². The highest BCUT2D eigenvalue weighted by Gasteiger charge is 2.19. The number of nitro groups is 1. The molecule has 1 aliphatic rings. The third-order valence-electron chi connectivity index (χ3n) is 6.82. The zero-order valence-electron chi connectivity index (χ0n) is 21.6. The second-order valence-electron chi connectivity index (χ2n) is 9.52. The topological polar surface area (TPSA) is 154 Å². The van der Waals surface area contributed by atoms with Crippen molar-refractivity contribution < 1.29 is 19.2 Å². The van der Waals surface area contributed by atoms with Crippen LogP contribution in [0.3, 0.4) is 0 Å². The average molecular weight is 553 g/mol. The van der Waals surface area contributed by atoms with E-state index in [2.05, 4.69) is 20.6 Å². The van der Waals surface area contributed by atoms with Crippen molar-refractivity contribution in [2.75, 3.05) is 11.9 Å². The Morgan fingerprint density at radius 2 is 1.83 bits per heavy atom. The molecule has 0 aliphatic carbocycles. The highest BCUT2D eigenvalue weighted by atomic mass is 16.6. The lowest BCUT2D eigenvalue weighted by molar-refractivity contribution is -0.384. The lowest BCUT2D eigenvalue weighted by Gasteiger charge is -2.23. The van der Waals surface area contributed by atoms with Crippen LogP contribution in [0.5, 0.6) is 5.75 Å². The Morgan fingerprint density at radius 1 is 1.05 bits per heavy atom. The number of H-pyrrole nitrogens is 1. The molecule has 1 amide bonds. The number of hydrogen-bond acceptors (Lipinski definition) is 8. The molecule has 0 saturated carbocycles. The summed E-state index contributed by atoms with van der Waals surface area (Å²) in [5.74, 6) is 0.169. The van der Waals surface area contributed by atoms with Crippen LogP contribution in [-0.2, 0) is 4.74 Å². The van der Waals surface area contributed by atoms with E-state index in [0.717, 1.165) is 47.9 Å². The Hall–Kier alpha value is -5.36. The minimum atomic E-state index is -0.746. The van der Waals surface area contributed by atoms with Gasteiger partial charge in [0.25, 0.3) is 11.2 Å². The fourth-order valence-corrected chi connectivity index (χ4v) is 4.75. The van der Waals surface area contributed by atoms with Crippen LogP contribution in [0.2, 0.25) is 0 Å². The van der Waals surface area contributed by atoms with Crippen LogP contribution in [-0.4, -0.2) is 37.6 Å². The number of anilines is 1. The summed E-state index contributed by atoms with van der Waals surface area (Å²) in [6.07, 6.45) is 4.03. The van der Waals surface area contributed by atoms with Crippen LogP contribution >= 0.6 is 0 Å². The monoisotopic (exact) mass is 552 g/mol. The summed E-state index contributed by atoms with van der Waals surface area (Å²) < 4.78 is 13.0. The number of nitrogens with one attached hydrogen (secondary N) is 2. The first-order valence-corrected chi connectivity index (χ1v) is 13.0. The number of ether oxygens (including phenoxy) is 2. The zero-order chi connectivity index (χ0) is 28.3. The van der Waals surface area contributed by atoms with Gasteiger partial charge in [-0.25, -0.2) is 14.6 Å². The van der Waals surface area contributed by atoms with E-state index >= 15 is 0 Å². The van der Waals surface area contributed by atoms with E-state index in [1.165, 1.54) is 24.3 Å². The predicted molar refractivity (Wildman–Crippen MR) is 151 cm³/mol. The molecule has 1 atom stereocenters. The van der Waals surface area contributed by atoms with Crippen LogP contribution < -0.4 is 15.6 Å². The molecule has 1 unspecified atom stereocenters. The lowest BCUT2D eigenvalue weighted by Crippen LogP contribution is -2.18. The second-order valence-corrected chi connectivity index (χ2v) is 9.52. The van der Waals surface area contributed by atoms with Gasteiger partial charge in [0.15, 0.2) is 6.23 Å². The van der Waals surface area contributed by atoms with Gasteiger partial charge in [0, 0.05) is 35.4 Å². The van der Waals surface area contributed by atoms with Crippen molar-refractivity contribution in [2.24, 2.45) is 0 Å². The molecule has 2 N–H and O–H groups in total. The van der Waals surface area contributed by atoms with E-state index in [0.29, 0.717) is 16.9 Å². The number of amides is 1. The van der Waals surface area contributed by atoms with Gasteiger partial charge in [-0.2, -0.15) is 10.2 Å². The van der Waals surface area contributed by atoms with Crippen LogP contribution in [0.15, 0.2) is 83.8 Å². The lowest BCUT2D eigenvalue weighted by atomic mass is 10.0. The van der Waals surface area contributed by atoms with E-state index in [-0.39, 0.29) is 23.2 Å². The normalized spacial score (nSPS) is 15.0. The van der Waals surface area contributed by atoms with Gasteiger partial charge in [-0.05, 0) is 67.3 Å². The largest absolute Gasteiger partial charge is 0.417 e. The van der Waals surface area contributed by atoms with Gasteiger partial charge < -0.3 is 9.47 Å². The molecule has 12 nitrogen and oxygen atoms in total. The maximum atomic E-state index is 12.7. The summed E-state index contributed by atoms with van der Waals surface area (Å²) in [6, 6.07) is 19.5. The van der Waals surface area contributed by atoms with Gasteiger partial charge in [0.05, 0.1) is 27.9 Å². The van der Waals surface area contributed by atoms with Gasteiger partial charge in [0.1, 0.15) is 5.75 Å². The summed E-state index contributed by atoms with van der Waals surface area (Å²) >= 11 is 0. The number of non-ortho nitro benzene ring substituents is 1. The molecule has 5 aromatic rings. The van der Waals surface area contributed by atoms with Gasteiger partial charge in [-0.15, -0.1) is 0 Å². The summed E-state index contributed by atoms with van der Waals surface area (Å²) in [6.45, 7) is 0.725. The molecule has 0 bridgehead atoms. The molecule has 2 aromatic heterocycles. The minimum absolute atomic E-state index is 0.0790. The molecule has 206 valence electrons. The first-order valence-electron chi connectivity index (χ1n) is 13.0. The maximum Gasteiger partial charge on any atom is 0.417 e.